The first-order chi connectivity index (χ1) is 31.7. The third-order valence-corrected chi connectivity index (χ3v) is 19.0. The fourth-order valence-electron chi connectivity index (χ4n) is 15.0. The van der Waals surface area contributed by atoms with Crippen molar-refractivity contribution in [2.45, 2.75) is 141 Å². The van der Waals surface area contributed by atoms with E-state index in [1.807, 2.05) is 0 Å². The van der Waals surface area contributed by atoms with E-state index in [-0.39, 0.29) is 39.3 Å². The number of anilines is 2. The van der Waals surface area contributed by atoms with Crippen LogP contribution in [0.3, 0.4) is 0 Å². The van der Waals surface area contributed by atoms with E-state index in [1.54, 1.807) is 5.56 Å². The molecular weight excluding hydrogens is 808 g/mol. The van der Waals surface area contributed by atoms with Crippen molar-refractivity contribution in [3.63, 3.8) is 0 Å². The number of fused-ring (bicyclic) bond motifs is 15. The summed E-state index contributed by atoms with van der Waals surface area (Å²) in [6.45, 7) is 30.1. The van der Waals surface area contributed by atoms with Crippen molar-refractivity contribution in [3.05, 3.63) is 165 Å². The van der Waals surface area contributed by atoms with E-state index in [0.29, 0.717) is 0 Å². The van der Waals surface area contributed by atoms with Crippen LogP contribution in [0.2, 0.25) is 0 Å². The highest BCUT2D eigenvalue weighted by Gasteiger charge is 2.56. The van der Waals surface area contributed by atoms with Gasteiger partial charge in [0.25, 0.3) is 0 Å². The van der Waals surface area contributed by atoms with Gasteiger partial charge in [0, 0.05) is 60.8 Å². The normalized spacial score (nSPS) is 20.9. The Bertz CT molecular complexity index is 3650. The summed E-state index contributed by atoms with van der Waals surface area (Å²) in [7, 11) is 0. The summed E-state index contributed by atoms with van der Waals surface area (Å²) in [5, 5.41) is 5.29. The standard InChI is InChI=1S/C64H63BN2/c1-59(2)26-27-60(3,4)49-32-38(24-25-47(49)59)66-56-45-34-50-51(62(7,8)29-28-61(50,5)6)35-48(45)64(11,12)58(56)65-54-44(33-43-39-20-15-16-23-46(39)63(9,10)53(43)57(54)66)41-22-17-21-40-42-30-36-18-13-14-19-37(36)31-52(42)67(65)55(40)41/h13-25,30-35H,26-29H2,1-12H3. The van der Waals surface area contributed by atoms with Gasteiger partial charge < -0.3 is 9.38 Å². The molecule has 0 radical (unpaired) electrons. The highest BCUT2D eigenvalue weighted by molar-refractivity contribution is 6.86. The first kappa shape index (κ1) is 40.3. The first-order valence-electron chi connectivity index (χ1n) is 25.4. The van der Waals surface area contributed by atoms with Gasteiger partial charge in [-0.05, 0) is 161 Å². The molecule has 0 unspecified atom stereocenters. The molecule has 4 aliphatic carbocycles. The molecule has 3 heterocycles. The molecule has 14 rings (SSSR count). The van der Waals surface area contributed by atoms with E-state index in [2.05, 4.69) is 208 Å². The Morgan fingerprint density at radius 3 is 1.76 bits per heavy atom. The summed E-state index contributed by atoms with van der Waals surface area (Å²) in [5.41, 5.74) is 27.0. The van der Waals surface area contributed by atoms with Gasteiger partial charge in [0.05, 0.1) is 0 Å². The number of hydrogen-bond donors (Lipinski definition) is 0. The Morgan fingerprint density at radius 1 is 0.433 bits per heavy atom. The van der Waals surface area contributed by atoms with Crippen molar-refractivity contribution in [2.24, 2.45) is 0 Å². The van der Waals surface area contributed by atoms with Gasteiger partial charge in [0.15, 0.2) is 0 Å². The lowest BCUT2D eigenvalue weighted by Gasteiger charge is -2.46. The van der Waals surface area contributed by atoms with Gasteiger partial charge in [-0.2, -0.15) is 0 Å². The zero-order valence-corrected chi connectivity index (χ0v) is 41.8. The lowest BCUT2D eigenvalue weighted by Crippen LogP contribution is -2.53. The lowest BCUT2D eigenvalue weighted by atomic mass is 9.40. The molecule has 67 heavy (non-hydrogen) atoms. The van der Waals surface area contributed by atoms with Crippen molar-refractivity contribution >= 4 is 62.0 Å². The number of aromatic nitrogens is 1. The van der Waals surface area contributed by atoms with Crippen molar-refractivity contribution in [3.8, 4) is 22.3 Å². The third kappa shape index (κ3) is 4.84. The topological polar surface area (TPSA) is 8.17 Å². The summed E-state index contributed by atoms with van der Waals surface area (Å²) in [6.07, 6.45) is 4.77. The van der Waals surface area contributed by atoms with Crippen LogP contribution in [-0.2, 0) is 32.5 Å². The summed E-state index contributed by atoms with van der Waals surface area (Å²) in [4.78, 5) is 2.86. The molecule has 0 N–H and O–H groups in total. The maximum absolute atomic E-state index is 2.86. The van der Waals surface area contributed by atoms with Crippen LogP contribution in [0.15, 0.2) is 121 Å². The second-order valence-corrected chi connectivity index (χ2v) is 25.4. The van der Waals surface area contributed by atoms with Gasteiger partial charge in [0.1, 0.15) is 0 Å². The van der Waals surface area contributed by atoms with E-state index in [0.717, 1.165) is 0 Å². The predicted molar refractivity (Wildman–Crippen MR) is 286 cm³/mol. The summed E-state index contributed by atoms with van der Waals surface area (Å²) < 4.78 is 2.84. The molecule has 0 bridgehead atoms. The SMILES string of the molecule is CC1(C)CCC(C)(C)c2cc(N3C4=C(B5c6c(cc7c(c63)C(C)(C)c3ccccc3-7)-c3cccc6c7cc8ccccc8cc7n5c36)C(C)(C)c3cc5c(cc34)C(C)(C)CCC5(C)C)ccc21. The van der Waals surface area contributed by atoms with Gasteiger partial charge in [-0.25, -0.2) is 0 Å². The second-order valence-electron chi connectivity index (χ2n) is 25.4. The molecule has 0 spiro atoms. The summed E-state index contributed by atoms with van der Waals surface area (Å²) in [5.74, 6) is 0. The van der Waals surface area contributed by atoms with Crippen LogP contribution >= 0.6 is 0 Å². The maximum Gasteiger partial charge on any atom is 0.329 e. The molecule has 0 atom stereocenters. The number of rotatable bonds is 1. The van der Waals surface area contributed by atoms with Crippen LogP contribution in [-0.4, -0.2) is 11.3 Å². The molecule has 3 heteroatoms. The van der Waals surface area contributed by atoms with Gasteiger partial charge in [0.2, 0.25) is 0 Å². The first-order valence-corrected chi connectivity index (χ1v) is 25.4. The summed E-state index contributed by atoms with van der Waals surface area (Å²) >= 11 is 0. The monoisotopic (exact) mass is 871 g/mol. The number of nitrogens with zero attached hydrogens (tertiary/aromatic N) is 2. The van der Waals surface area contributed by atoms with Gasteiger partial charge in [-0.1, -0.05) is 162 Å². The van der Waals surface area contributed by atoms with E-state index in [1.165, 1.54) is 147 Å². The molecule has 2 aliphatic heterocycles. The Morgan fingerprint density at radius 2 is 1.04 bits per heavy atom. The minimum absolute atomic E-state index is 0.0226. The van der Waals surface area contributed by atoms with Crippen molar-refractivity contribution in [1.82, 2.24) is 4.48 Å². The molecular formula is C64H63BN2. The van der Waals surface area contributed by atoms with Crippen LogP contribution in [0.5, 0.6) is 0 Å². The zero-order valence-electron chi connectivity index (χ0n) is 41.8. The molecule has 0 amide bonds. The van der Waals surface area contributed by atoms with Gasteiger partial charge >= 0.3 is 6.85 Å². The van der Waals surface area contributed by atoms with Gasteiger partial charge in [-0.15, -0.1) is 0 Å². The van der Waals surface area contributed by atoms with E-state index in [9.17, 15) is 0 Å². The number of allylic oxidation sites excluding steroid dienone is 1. The maximum atomic E-state index is 2.86. The van der Waals surface area contributed by atoms with Crippen LogP contribution < -0.4 is 10.4 Å². The number of benzene rings is 7. The number of hydrogen-bond acceptors (Lipinski definition) is 1. The van der Waals surface area contributed by atoms with Crippen LogP contribution in [0, 0.1) is 0 Å². The Balaban J connectivity index is 1.20. The molecule has 0 saturated heterocycles. The molecule has 0 fully saturated rings. The second kappa shape index (κ2) is 12.3. The Labute approximate surface area is 398 Å². The fraction of sp³-hybridized carbons (Fsp3) is 0.344. The average Bonchev–Trinajstić information content (AvgIpc) is 3.83. The number of para-hydroxylation sites is 1. The highest BCUT2D eigenvalue weighted by atomic mass is 15.2. The quantitative estimate of drug-likeness (QED) is 0.149. The largest absolute Gasteiger partial charge is 0.376 e. The smallest absolute Gasteiger partial charge is 0.329 e. The molecule has 0 saturated carbocycles. The predicted octanol–water partition coefficient (Wildman–Crippen LogP) is 16.1. The van der Waals surface area contributed by atoms with Crippen LogP contribution in [0.4, 0.5) is 11.4 Å². The minimum Gasteiger partial charge on any atom is -0.376 e. The Hall–Kier alpha value is -5.80. The third-order valence-electron chi connectivity index (χ3n) is 19.0. The lowest BCUT2D eigenvalue weighted by molar-refractivity contribution is 0.331. The molecule has 2 nitrogen and oxygen atoms in total. The summed E-state index contributed by atoms with van der Waals surface area (Å²) in [6, 6.07) is 46.3. The van der Waals surface area contributed by atoms with E-state index in [4.69, 9.17) is 0 Å². The molecule has 332 valence electrons. The van der Waals surface area contributed by atoms with Crippen molar-refractivity contribution in [2.75, 3.05) is 4.90 Å². The van der Waals surface area contributed by atoms with Gasteiger partial charge in [-0.3, -0.25) is 0 Å². The molecule has 7 aromatic carbocycles. The van der Waals surface area contributed by atoms with E-state index >= 15 is 0 Å². The molecule has 6 aliphatic rings. The van der Waals surface area contributed by atoms with Crippen LogP contribution in [0.25, 0.3) is 60.5 Å². The van der Waals surface area contributed by atoms with Crippen LogP contribution in [0.1, 0.15) is 153 Å². The average molecular weight is 871 g/mol. The highest BCUT2D eigenvalue weighted by Crippen LogP contribution is 2.63. The zero-order chi connectivity index (χ0) is 46.3. The molecule has 8 aromatic rings. The van der Waals surface area contributed by atoms with Crippen molar-refractivity contribution in [1.29, 1.82) is 0 Å². The van der Waals surface area contributed by atoms with Crippen molar-refractivity contribution < 1.29 is 0 Å². The Kier molecular flexibility index (Phi) is 7.37. The molecule has 1 aromatic heterocycles. The fourth-order valence-corrected chi connectivity index (χ4v) is 15.0. The minimum atomic E-state index is -0.283. The van der Waals surface area contributed by atoms with E-state index < -0.39 is 0 Å².